The standard InChI is InChI=1S/C14H19N5O.C7H7N5.C6H11NO2/c1-3-12(11-15-5-1)14-16-13(17-18-14)4-2-6-19-7-9-20-10-8-19;8-7-10-6(11-12-7)5-2-1-3-9-4-5;8-4-1-7-2-5-9-6-3-7/h1,3,5,11H,2,4,6-10H2,(H,16,17,18);1-4H,(H3,8,10,11,12);4H,1-3,5-6H2. The Morgan fingerprint density at radius 1 is 0.854 bits per heavy atom. The fourth-order valence-electron chi connectivity index (χ4n) is 4.12. The summed E-state index contributed by atoms with van der Waals surface area (Å²) in [5.41, 5.74) is 7.17. The molecule has 6 rings (SSSR count). The van der Waals surface area contributed by atoms with Gasteiger partial charge in [-0.1, -0.05) is 0 Å². The summed E-state index contributed by atoms with van der Waals surface area (Å²) in [6.07, 6.45) is 9.86. The van der Waals surface area contributed by atoms with Gasteiger partial charge in [-0.25, -0.2) is 4.98 Å². The molecular formula is C27H37N11O3. The molecule has 0 aliphatic carbocycles. The number of anilines is 1. The lowest BCUT2D eigenvalue weighted by atomic mass is 10.2. The van der Waals surface area contributed by atoms with E-state index >= 15 is 0 Å². The van der Waals surface area contributed by atoms with Gasteiger partial charge in [-0.15, -0.1) is 5.10 Å². The summed E-state index contributed by atoms with van der Waals surface area (Å²) in [7, 11) is 0. The Hall–Kier alpha value is -4.11. The number of hydrogen-bond acceptors (Lipinski definition) is 12. The number of nitrogen functional groups attached to an aromatic ring is 1. The van der Waals surface area contributed by atoms with Crippen LogP contribution in [0.2, 0.25) is 0 Å². The van der Waals surface area contributed by atoms with E-state index in [0.717, 1.165) is 101 Å². The summed E-state index contributed by atoms with van der Waals surface area (Å²) < 4.78 is 10.4. The Bertz CT molecular complexity index is 1260. The van der Waals surface area contributed by atoms with Crippen LogP contribution in [-0.2, 0) is 20.7 Å². The smallest absolute Gasteiger partial charge is 0.239 e. The molecule has 4 aromatic rings. The number of carbonyl (C=O) groups is 1. The van der Waals surface area contributed by atoms with Crippen LogP contribution in [0.15, 0.2) is 49.1 Å². The maximum absolute atomic E-state index is 9.99. The number of aldehydes is 1. The predicted molar refractivity (Wildman–Crippen MR) is 153 cm³/mol. The minimum absolute atomic E-state index is 0.244. The van der Waals surface area contributed by atoms with Crippen molar-refractivity contribution in [1.82, 2.24) is 50.1 Å². The largest absolute Gasteiger partial charge is 0.379 e. The van der Waals surface area contributed by atoms with Crippen LogP contribution in [0.5, 0.6) is 0 Å². The maximum atomic E-state index is 9.99. The molecule has 0 saturated carbocycles. The number of nitrogens with two attached hydrogens (primary N) is 1. The number of H-pyrrole nitrogens is 2. The molecule has 0 atom stereocenters. The molecule has 4 N–H and O–H groups in total. The number of nitrogens with zero attached hydrogens (tertiary/aromatic N) is 8. The van der Waals surface area contributed by atoms with Gasteiger partial charge in [0, 0.05) is 68.5 Å². The molecule has 2 aliphatic rings. The average molecular weight is 564 g/mol. The second-order valence-corrected chi connectivity index (χ2v) is 9.27. The number of ether oxygens (including phenoxy) is 2. The highest BCUT2D eigenvalue weighted by atomic mass is 16.5. The highest BCUT2D eigenvalue weighted by Gasteiger charge is 2.11. The van der Waals surface area contributed by atoms with Crippen molar-refractivity contribution in [3.8, 4) is 22.8 Å². The molecule has 0 aromatic carbocycles. The zero-order valence-electron chi connectivity index (χ0n) is 23.1. The molecular weight excluding hydrogens is 526 g/mol. The second kappa shape index (κ2) is 16.9. The van der Waals surface area contributed by atoms with Crippen LogP contribution < -0.4 is 5.73 Å². The van der Waals surface area contributed by atoms with Gasteiger partial charge in [0.25, 0.3) is 0 Å². The van der Waals surface area contributed by atoms with E-state index in [1.165, 1.54) is 0 Å². The lowest BCUT2D eigenvalue weighted by Crippen LogP contribution is -2.37. The maximum Gasteiger partial charge on any atom is 0.239 e. The zero-order chi connectivity index (χ0) is 28.5. The van der Waals surface area contributed by atoms with Gasteiger partial charge in [0.05, 0.1) is 33.0 Å². The SMILES string of the molecule is Nc1n[nH]c(-c2cccnc2)n1.O=CCN1CCOCC1.c1cncc(-c2n[nH]c(CCCN3CCOCC3)n2)c1. The highest BCUT2D eigenvalue weighted by molar-refractivity contribution is 5.54. The van der Waals surface area contributed by atoms with Crippen LogP contribution in [0.4, 0.5) is 5.95 Å². The van der Waals surface area contributed by atoms with E-state index in [4.69, 9.17) is 15.2 Å². The van der Waals surface area contributed by atoms with Gasteiger partial charge in [-0.05, 0) is 37.2 Å². The third-order valence-electron chi connectivity index (χ3n) is 6.32. The average Bonchev–Trinajstić information content (AvgIpc) is 3.69. The third kappa shape index (κ3) is 10.4. The summed E-state index contributed by atoms with van der Waals surface area (Å²) in [5.74, 6) is 2.55. The molecule has 41 heavy (non-hydrogen) atoms. The number of rotatable bonds is 8. The lowest BCUT2D eigenvalue weighted by molar-refractivity contribution is -0.109. The second-order valence-electron chi connectivity index (χ2n) is 9.27. The van der Waals surface area contributed by atoms with Crippen molar-refractivity contribution >= 4 is 12.2 Å². The molecule has 6 heterocycles. The van der Waals surface area contributed by atoms with Crippen LogP contribution in [0.1, 0.15) is 12.2 Å². The first-order chi connectivity index (χ1) is 20.2. The minimum Gasteiger partial charge on any atom is -0.379 e. The summed E-state index contributed by atoms with van der Waals surface area (Å²) in [6, 6.07) is 7.57. The molecule has 0 spiro atoms. The Balaban J connectivity index is 0.000000156. The number of aromatic nitrogens is 8. The first-order valence-electron chi connectivity index (χ1n) is 13.6. The fraction of sp³-hybridized carbons (Fsp3) is 0.444. The van der Waals surface area contributed by atoms with Crippen molar-refractivity contribution in [3.63, 3.8) is 0 Å². The third-order valence-corrected chi connectivity index (χ3v) is 6.32. The van der Waals surface area contributed by atoms with E-state index in [0.29, 0.717) is 12.4 Å². The van der Waals surface area contributed by atoms with Crippen molar-refractivity contribution in [2.75, 3.05) is 71.4 Å². The molecule has 2 fully saturated rings. The molecule has 2 aliphatic heterocycles. The highest BCUT2D eigenvalue weighted by Crippen LogP contribution is 2.13. The van der Waals surface area contributed by atoms with Gasteiger partial charge < -0.3 is 20.0 Å². The number of hydrogen-bond donors (Lipinski definition) is 3. The van der Waals surface area contributed by atoms with Crippen molar-refractivity contribution < 1.29 is 14.3 Å². The fourth-order valence-corrected chi connectivity index (χ4v) is 4.12. The van der Waals surface area contributed by atoms with Crippen LogP contribution in [0, 0.1) is 0 Å². The van der Waals surface area contributed by atoms with Crippen molar-refractivity contribution in [2.45, 2.75) is 12.8 Å². The molecule has 0 unspecified atom stereocenters. The van der Waals surface area contributed by atoms with E-state index in [1.54, 1.807) is 24.8 Å². The Labute approximate surface area is 238 Å². The monoisotopic (exact) mass is 563 g/mol. The van der Waals surface area contributed by atoms with E-state index < -0.39 is 0 Å². The summed E-state index contributed by atoms with van der Waals surface area (Å²) in [4.78, 5) is 31.0. The van der Waals surface area contributed by atoms with Crippen LogP contribution in [-0.4, -0.2) is 122 Å². The van der Waals surface area contributed by atoms with Gasteiger partial charge >= 0.3 is 0 Å². The van der Waals surface area contributed by atoms with E-state index in [1.807, 2.05) is 24.3 Å². The van der Waals surface area contributed by atoms with Gasteiger partial charge in [0.15, 0.2) is 11.6 Å². The van der Waals surface area contributed by atoms with E-state index in [9.17, 15) is 4.79 Å². The molecule has 4 aromatic heterocycles. The number of aryl methyl sites for hydroxylation is 1. The van der Waals surface area contributed by atoms with Gasteiger partial charge in [-0.3, -0.25) is 30.0 Å². The molecule has 14 heteroatoms. The van der Waals surface area contributed by atoms with Gasteiger partial charge in [0.1, 0.15) is 12.1 Å². The molecule has 0 bridgehead atoms. The van der Waals surface area contributed by atoms with Crippen molar-refractivity contribution in [3.05, 3.63) is 54.9 Å². The van der Waals surface area contributed by atoms with Crippen LogP contribution in [0.25, 0.3) is 22.8 Å². The van der Waals surface area contributed by atoms with Crippen LogP contribution >= 0.6 is 0 Å². The number of nitrogens with one attached hydrogen (secondary N) is 2. The number of carbonyl (C=O) groups excluding carboxylic acids is 1. The first-order valence-corrected chi connectivity index (χ1v) is 13.6. The summed E-state index contributed by atoms with van der Waals surface area (Å²) in [6.45, 7) is 8.78. The molecule has 0 radical (unpaired) electrons. The molecule has 14 nitrogen and oxygen atoms in total. The quantitative estimate of drug-likeness (QED) is 0.261. The Morgan fingerprint density at radius 2 is 1.51 bits per heavy atom. The minimum atomic E-state index is 0.244. The summed E-state index contributed by atoms with van der Waals surface area (Å²) in [5, 5.41) is 13.7. The normalized spacial score (nSPS) is 15.7. The van der Waals surface area contributed by atoms with E-state index in [2.05, 4.69) is 50.1 Å². The number of morpholine rings is 2. The van der Waals surface area contributed by atoms with Crippen molar-refractivity contribution in [2.24, 2.45) is 0 Å². The van der Waals surface area contributed by atoms with Gasteiger partial charge in [0.2, 0.25) is 5.95 Å². The molecule has 2 saturated heterocycles. The first kappa shape index (κ1) is 29.9. The summed E-state index contributed by atoms with van der Waals surface area (Å²) >= 11 is 0. The van der Waals surface area contributed by atoms with E-state index in [-0.39, 0.29) is 5.95 Å². The number of aromatic amines is 2. The topological polar surface area (TPSA) is 177 Å². The molecule has 218 valence electrons. The zero-order valence-corrected chi connectivity index (χ0v) is 23.1. The van der Waals surface area contributed by atoms with Gasteiger partial charge in [-0.2, -0.15) is 10.1 Å². The van der Waals surface area contributed by atoms with Crippen LogP contribution in [0.3, 0.4) is 0 Å². The number of pyridine rings is 2. The molecule has 0 amide bonds. The Kier molecular flexibility index (Phi) is 12.3. The van der Waals surface area contributed by atoms with Crippen molar-refractivity contribution in [1.29, 1.82) is 0 Å². The Morgan fingerprint density at radius 3 is 2.10 bits per heavy atom. The predicted octanol–water partition coefficient (Wildman–Crippen LogP) is 1.10. The lowest BCUT2D eigenvalue weighted by Gasteiger charge is -2.26.